The van der Waals surface area contributed by atoms with Crippen molar-refractivity contribution in [2.75, 3.05) is 13.2 Å². The first-order valence-electron chi connectivity index (χ1n) is 19.6. The molecule has 7 heteroatoms. The van der Waals surface area contributed by atoms with Gasteiger partial charge in [-0.2, -0.15) is 0 Å². The summed E-state index contributed by atoms with van der Waals surface area (Å²) in [5.74, 6) is -0.0860. The van der Waals surface area contributed by atoms with Crippen LogP contribution in [0.25, 0.3) is 0 Å². The van der Waals surface area contributed by atoms with E-state index >= 15 is 0 Å². The van der Waals surface area contributed by atoms with Crippen LogP contribution in [0.3, 0.4) is 0 Å². The lowest BCUT2D eigenvalue weighted by Gasteiger charge is -2.44. The van der Waals surface area contributed by atoms with Crippen molar-refractivity contribution in [1.29, 1.82) is 0 Å². The van der Waals surface area contributed by atoms with Crippen LogP contribution in [-0.4, -0.2) is 75.0 Å². The summed E-state index contributed by atoms with van der Waals surface area (Å²) >= 11 is 0. The second-order valence-corrected chi connectivity index (χ2v) is 13.9. The van der Waals surface area contributed by atoms with Crippen molar-refractivity contribution in [1.82, 2.24) is 4.90 Å². The van der Waals surface area contributed by atoms with E-state index in [9.17, 15) is 25.2 Å². The summed E-state index contributed by atoms with van der Waals surface area (Å²) in [5, 5.41) is 41.0. The summed E-state index contributed by atoms with van der Waals surface area (Å²) in [7, 11) is 0. The van der Waals surface area contributed by atoms with Gasteiger partial charge in [-0.1, -0.05) is 174 Å². The van der Waals surface area contributed by atoms with Crippen molar-refractivity contribution in [2.24, 2.45) is 0 Å². The maximum atomic E-state index is 13.4. The highest BCUT2D eigenvalue weighted by atomic mass is 16.6. The van der Waals surface area contributed by atoms with Gasteiger partial charge in [-0.05, 0) is 12.8 Å². The molecule has 1 aliphatic heterocycles. The van der Waals surface area contributed by atoms with E-state index in [2.05, 4.69) is 13.8 Å². The Labute approximate surface area is 277 Å². The Kier molecular flexibility index (Phi) is 27.6. The molecule has 0 spiro atoms. The molecule has 1 amide bonds. The van der Waals surface area contributed by atoms with Crippen molar-refractivity contribution < 1.29 is 30.0 Å². The third-order valence-electron chi connectivity index (χ3n) is 9.74. The molecule has 0 aromatic rings. The Morgan fingerprint density at radius 1 is 0.511 bits per heavy atom. The standard InChI is InChI=1S/C38H75NO6/c1-3-5-7-9-11-13-15-17-18-19-20-22-24-26-28-30-34(41)39(38-37(44)36(43)35(42)33(32-40)45-38)31-29-27-25-23-21-16-14-12-10-8-6-4-2/h33,35-38,40,42-44H,3-32H2,1-2H3/t33-,35-,36+,37-,38?/m1/s1. The molecular formula is C38H75NO6. The van der Waals surface area contributed by atoms with Crippen LogP contribution in [0.4, 0.5) is 0 Å². The molecule has 7 nitrogen and oxygen atoms in total. The van der Waals surface area contributed by atoms with E-state index in [0.717, 1.165) is 38.5 Å². The second-order valence-electron chi connectivity index (χ2n) is 13.9. The molecule has 5 atom stereocenters. The van der Waals surface area contributed by atoms with Gasteiger partial charge in [0.25, 0.3) is 0 Å². The third kappa shape index (κ3) is 20.3. The van der Waals surface area contributed by atoms with Crippen LogP contribution in [0.1, 0.15) is 194 Å². The molecule has 0 aliphatic carbocycles. The fourth-order valence-electron chi connectivity index (χ4n) is 6.65. The lowest BCUT2D eigenvalue weighted by Crippen LogP contribution is -2.64. The van der Waals surface area contributed by atoms with Gasteiger partial charge in [0.1, 0.15) is 24.4 Å². The van der Waals surface area contributed by atoms with Gasteiger partial charge in [-0.25, -0.2) is 0 Å². The molecular weight excluding hydrogens is 566 g/mol. The van der Waals surface area contributed by atoms with Crippen LogP contribution in [0.15, 0.2) is 0 Å². The Morgan fingerprint density at radius 3 is 1.24 bits per heavy atom. The lowest BCUT2D eigenvalue weighted by molar-refractivity contribution is -0.262. The topological polar surface area (TPSA) is 110 Å². The van der Waals surface area contributed by atoms with Gasteiger partial charge in [-0.3, -0.25) is 4.79 Å². The zero-order chi connectivity index (χ0) is 33.0. The predicted octanol–water partition coefficient (Wildman–Crippen LogP) is 8.58. The number of aliphatic hydroxyl groups is 4. The molecule has 268 valence electrons. The molecule has 1 rings (SSSR count). The average molecular weight is 642 g/mol. The van der Waals surface area contributed by atoms with Crippen LogP contribution in [0.2, 0.25) is 0 Å². The van der Waals surface area contributed by atoms with Crippen LogP contribution < -0.4 is 0 Å². The van der Waals surface area contributed by atoms with Crippen molar-refractivity contribution in [3.05, 3.63) is 0 Å². The molecule has 1 heterocycles. The summed E-state index contributed by atoms with van der Waals surface area (Å²) in [5.41, 5.74) is 0. The fourth-order valence-corrected chi connectivity index (χ4v) is 6.65. The number of carbonyl (C=O) groups excluding carboxylic acids is 1. The maximum absolute atomic E-state index is 13.4. The van der Waals surface area contributed by atoms with Gasteiger partial charge in [0.2, 0.25) is 5.91 Å². The number of carbonyl (C=O) groups is 1. The van der Waals surface area contributed by atoms with E-state index in [0.29, 0.717) is 13.0 Å². The molecule has 1 fully saturated rings. The van der Waals surface area contributed by atoms with Crippen LogP contribution in [0.5, 0.6) is 0 Å². The minimum atomic E-state index is -1.47. The number of rotatable bonds is 31. The van der Waals surface area contributed by atoms with E-state index in [1.54, 1.807) is 4.90 Å². The minimum absolute atomic E-state index is 0.0860. The zero-order valence-electron chi connectivity index (χ0n) is 29.7. The zero-order valence-corrected chi connectivity index (χ0v) is 29.7. The highest BCUT2D eigenvalue weighted by Crippen LogP contribution is 2.25. The molecule has 0 aromatic heterocycles. The van der Waals surface area contributed by atoms with Gasteiger partial charge in [0, 0.05) is 13.0 Å². The van der Waals surface area contributed by atoms with Gasteiger partial charge < -0.3 is 30.1 Å². The Balaban J connectivity index is 2.32. The number of amides is 1. The molecule has 4 N–H and O–H groups in total. The number of aliphatic hydroxyl groups excluding tert-OH is 4. The van der Waals surface area contributed by atoms with Crippen LogP contribution in [0, 0.1) is 0 Å². The summed E-state index contributed by atoms with van der Waals surface area (Å²) in [6.45, 7) is 4.47. The molecule has 0 aromatic carbocycles. The van der Waals surface area contributed by atoms with Crippen molar-refractivity contribution in [2.45, 2.75) is 224 Å². The molecule has 0 saturated carbocycles. The molecule has 0 radical (unpaired) electrons. The van der Waals surface area contributed by atoms with E-state index in [-0.39, 0.29) is 5.91 Å². The average Bonchev–Trinajstić information content (AvgIpc) is 3.04. The number of hydrogen-bond donors (Lipinski definition) is 4. The van der Waals surface area contributed by atoms with Crippen LogP contribution >= 0.6 is 0 Å². The van der Waals surface area contributed by atoms with E-state index in [1.807, 2.05) is 0 Å². The predicted molar refractivity (Wildman–Crippen MR) is 186 cm³/mol. The minimum Gasteiger partial charge on any atom is -0.394 e. The Hall–Kier alpha value is -0.730. The van der Waals surface area contributed by atoms with Gasteiger partial charge in [0.15, 0.2) is 6.23 Å². The smallest absolute Gasteiger partial charge is 0.224 e. The van der Waals surface area contributed by atoms with Crippen molar-refractivity contribution >= 4 is 5.91 Å². The first-order valence-corrected chi connectivity index (χ1v) is 19.6. The number of ether oxygens (including phenoxy) is 1. The largest absolute Gasteiger partial charge is 0.394 e. The SMILES string of the molecule is CCCCCCCCCCCCCCCCCC(=O)N(CCCCCCCCCCCCCC)C1O[C@H](CO)[C@@H](O)[C@H](O)[C@H]1O. The third-order valence-corrected chi connectivity index (χ3v) is 9.74. The molecule has 1 unspecified atom stereocenters. The first-order chi connectivity index (χ1) is 22.0. The summed E-state index contributed by atoms with van der Waals surface area (Å²) in [6, 6.07) is 0. The van der Waals surface area contributed by atoms with Crippen LogP contribution in [-0.2, 0) is 9.53 Å². The van der Waals surface area contributed by atoms with Gasteiger partial charge in [-0.15, -0.1) is 0 Å². The second kappa shape index (κ2) is 29.4. The normalized spacial score (nSPS) is 21.8. The van der Waals surface area contributed by atoms with E-state index in [1.165, 1.54) is 135 Å². The Morgan fingerprint density at radius 2 is 0.867 bits per heavy atom. The summed E-state index contributed by atoms with van der Waals surface area (Å²) in [6.07, 6.45) is 27.7. The van der Waals surface area contributed by atoms with Gasteiger partial charge >= 0.3 is 0 Å². The number of nitrogens with zero attached hydrogens (tertiary/aromatic N) is 1. The lowest BCUT2D eigenvalue weighted by atomic mass is 9.97. The highest BCUT2D eigenvalue weighted by molar-refractivity contribution is 5.76. The van der Waals surface area contributed by atoms with E-state index < -0.39 is 37.3 Å². The number of unbranched alkanes of at least 4 members (excludes halogenated alkanes) is 25. The van der Waals surface area contributed by atoms with Crippen molar-refractivity contribution in [3.8, 4) is 0 Å². The molecule has 0 bridgehead atoms. The number of hydrogen-bond acceptors (Lipinski definition) is 6. The molecule has 1 saturated heterocycles. The highest BCUT2D eigenvalue weighted by Gasteiger charge is 2.46. The fraction of sp³-hybridized carbons (Fsp3) is 0.974. The monoisotopic (exact) mass is 642 g/mol. The quantitative estimate of drug-likeness (QED) is 0.0565. The maximum Gasteiger partial charge on any atom is 0.224 e. The Bertz CT molecular complexity index is 662. The first kappa shape index (κ1) is 42.3. The molecule has 1 aliphatic rings. The van der Waals surface area contributed by atoms with Gasteiger partial charge in [0.05, 0.1) is 6.61 Å². The summed E-state index contributed by atoms with van der Waals surface area (Å²) in [4.78, 5) is 14.9. The molecule has 45 heavy (non-hydrogen) atoms. The summed E-state index contributed by atoms with van der Waals surface area (Å²) < 4.78 is 5.80. The van der Waals surface area contributed by atoms with Crippen molar-refractivity contribution in [3.63, 3.8) is 0 Å². The van der Waals surface area contributed by atoms with E-state index in [4.69, 9.17) is 4.74 Å².